The van der Waals surface area contributed by atoms with Crippen LogP contribution in [0.1, 0.15) is 92.4 Å². The maximum atomic E-state index is 13.2. The highest BCUT2D eigenvalue weighted by Gasteiger charge is 2.34. The number of ether oxygens (including phenoxy) is 1. The van der Waals surface area contributed by atoms with E-state index in [4.69, 9.17) is 4.74 Å². The van der Waals surface area contributed by atoms with Gasteiger partial charge in [-0.05, 0) is 67.8 Å². The number of piperidine rings is 2. The lowest BCUT2D eigenvalue weighted by molar-refractivity contribution is -0.138. The fourth-order valence-corrected chi connectivity index (χ4v) is 5.30. The standard InChI is InChI=1S/C27H48N2O2/c1-20(2)7-6-8-22(5)23-11-15-28(16-12-23)26(30)24-13-17-29(18-14-24)27(25-9-10-25)31-19-21(3)4/h20-24H,6-19H2,1-5H3. The number of hydrogen-bond donors (Lipinski definition) is 0. The Labute approximate surface area is 191 Å². The zero-order chi connectivity index (χ0) is 22.4. The van der Waals surface area contributed by atoms with Crippen molar-refractivity contribution in [1.29, 1.82) is 0 Å². The summed E-state index contributed by atoms with van der Waals surface area (Å²) in [6.45, 7) is 16.2. The van der Waals surface area contributed by atoms with E-state index in [1.54, 1.807) is 0 Å². The Morgan fingerprint density at radius 3 is 2.03 bits per heavy atom. The number of likely N-dealkylation sites (tertiary alicyclic amines) is 2. The summed E-state index contributed by atoms with van der Waals surface area (Å²) in [4.78, 5) is 17.8. The molecule has 1 saturated carbocycles. The van der Waals surface area contributed by atoms with Gasteiger partial charge in [0, 0.05) is 32.1 Å². The lowest BCUT2D eigenvalue weighted by Crippen LogP contribution is -2.46. The molecule has 0 aromatic heterocycles. The molecule has 4 nitrogen and oxygen atoms in total. The number of rotatable bonds is 10. The van der Waals surface area contributed by atoms with Crippen LogP contribution >= 0.6 is 0 Å². The molecular formula is C27H48N2O2. The van der Waals surface area contributed by atoms with Crippen molar-refractivity contribution < 1.29 is 9.53 Å². The Morgan fingerprint density at radius 1 is 0.871 bits per heavy atom. The molecule has 31 heavy (non-hydrogen) atoms. The normalized spacial score (nSPS) is 21.7. The molecule has 0 bridgehead atoms. The molecule has 0 aromatic rings. The van der Waals surface area contributed by atoms with Crippen molar-refractivity contribution in [1.82, 2.24) is 9.80 Å². The monoisotopic (exact) mass is 432 g/mol. The highest BCUT2D eigenvalue weighted by Crippen LogP contribution is 2.36. The molecule has 1 aliphatic carbocycles. The van der Waals surface area contributed by atoms with Gasteiger partial charge in [0.25, 0.3) is 0 Å². The lowest BCUT2D eigenvalue weighted by Gasteiger charge is -2.39. The smallest absolute Gasteiger partial charge is 0.225 e. The van der Waals surface area contributed by atoms with Crippen molar-refractivity contribution in [3.63, 3.8) is 0 Å². The number of carbonyl (C=O) groups is 1. The average Bonchev–Trinajstić information content (AvgIpc) is 3.59. The third-order valence-electron chi connectivity index (χ3n) is 7.58. The van der Waals surface area contributed by atoms with Crippen LogP contribution in [0.4, 0.5) is 0 Å². The first kappa shape index (κ1) is 24.5. The summed E-state index contributed by atoms with van der Waals surface area (Å²) >= 11 is 0. The molecule has 178 valence electrons. The molecule has 0 radical (unpaired) electrons. The summed E-state index contributed by atoms with van der Waals surface area (Å²) in [5.74, 6) is 4.77. The van der Waals surface area contributed by atoms with Crippen LogP contribution in [0, 0.1) is 29.6 Å². The molecule has 0 N–H and O–H groups in total. The van der Waals surface area contributed by atoms with E-state index in [0.717, 1.165) is 69.3 Å². The van der Waals surface area contributed by atoms with E-state index in [-0.39, 0.29) is 5.92 Å². The van der Waals surface area contributed by atoms with Gasteiger partial charge in [0.2, 0.25) is 5.91 Å². The highest BCUT2D eigenvalue weighted by molar-refractivity contribution is 5.79. The van der Waals surface area contributed by atoms with Crippen LogP contribution in [0.5, 0.6) is 0 Å². The Hall–Kier alpha value is -1.19. The van der Waals surface area contributed by atoms with Crippen molar-refractivity contribution in [2.75, 3.05) is 32.8 Å². The zero-order valence-corrected chi connectivity index (χ0v) is 21.0. The second-order valence-electron chi connectivity index (χ2n) is 11.3. The van der Waals surface area contributed by atoms with E-state index >= 15 is 0 Å². The number of carbonyl (C=O) groups excluding carboxylic acids is 1. The van der Waals surface area contributed by atoms with Crippen LogP contribution in [0.3, 0.4) is 0 Å². The van der Waals surface area contributed by atoms with Crippen LogP contribution < -0.4 is 0 Å². The first-order chi connectivity index (χ1) is 14.8. The second kappa shape index (κ2) is 11.6. The number of hydrogen-bond acceptors (Lipinski definition) is 3. The molecule has 0 aromatic carbocycles. The zero-order valence-electron chi connectivity index (χ0n) is 21.0. The molecule has 1 atom stereocenters. The van der Waals surface area contributed by atoms with Crippen molar-refractivity contribution in [3.05, 3.63) is 11.5 Å². The number of nitrogens with zero attached hydrogens (tertiary/aromatic N) is 2. The molecule has 2 heterocycles. The molecule has 1 amide bonds. The maximum absolute atomic E-state index is 13.2. The molecule has 2 aliphatic heterocycles. The molecule has 0 spiro atoms. The molecular weight excluding hydrogens is 384 g/mol. The van der Waals surface area contributed by atoms with Gasteiger partial charge in [-0.3, -0.25) is 4.79 Å². The summed E-state index contributed by atoms with van der Waals surface area (Å²) in [5, 5.41) is 0. The Bertz CT molecular complexity index is 590. The van der Waals surface area contributed by atoms with E-state index < -0.39 is 0 Å². The maximum Gasteiger partial charge on any atom is 0.225 e. The lowest BCUT2D eigenvalue weighted by atomic mass is 9.81. The summed E-state index contributed by atoms with van der Waals surface area (Å²) in [7, 11) is 0. The van der Waals surface area contributed by atoms with Gasteiger partial charge in [0.05, 0.1) is 6.61 Å². The van der Waals surface area contributed by atoms with Crippen LogP contribution in [0.2, 0.25) is 0 Å². The fourth-order valence-electron chi connectivity index (χ4n) is 5.30. The van der Waals surface area contributed by atoms with E-state index in [2.05, 4.69) is 44.4 Å². The quantitative estimate of drug-likeness (QED) is 0.392. The average molecular weight is 433 g/mol. The molecule has 4 heteroatoms. The van der Waals surface area contributed by atoms with Gasteiger partial charge in [0.1, 0.15) is 0 Å². The van der Waals surface area contributed by atoms with Crippen molar-refractivity contribution in [3.8, 4) is 0 Å². The second-order valence-corrected chi connectivity index (χ2v) is 11.3. The summed E-state index contributed by atoms with van der Waals surface area (Å²) < 4.78 is 6.16. The van der Waals surface area contributed by atoms with Crippen LogP contribution in [-0.2, 0) is 9.53 Å². The van der Waals surface area contributed by atoms with Crippen molar-refractivity contribution in [2.45, 2.75) is 92.4 Å². The third-order valence-corrected chi connectivity index (χ3v) is 7.58. The van der Waals surface area contributed by atoms with E-state index in [9.17, 15) is 4.79 Å². The van der Waals surface area contributed by atoms with Crippen LogP contribution in [-0.4, -0.2) is 48.5 Å². The predicted molar refractivity (Wildman–Crippen MR) is 129 cm³/mol. The highest BCUT2D eigenvalue weighted by atomic mass is 16.5. The summed E-state index contributed by atoms with van der Waals surface area (Å²) in [6.07, 6.45) is 10.8. The van der Waals surface area contributed by atoms with Gasteiger partial charge >= 0.3 is 0 Å². The molecule has 2 saturated heterocycles. The Morgan fingerprint density at radius 2 is 1.48 bits per heavy atom. The Kier molecular flexibility index (Phi) is 9.16. The summed E-state index contributed by atoms with van der Waals surface area (Å²) in [5.41, 5.74) is 1.48. The molecule has 1 unspecified atom stereocenters. The van der Waals surface area contributed by atoms with Gasteiger partial charge in [-0.15, -0.1) is 0 Å². The minimum absolute atomic E-state index is 0.215. The minimum Gasteiger partial charge on any atom is -0.479 e. The number of amides is 1. The number of allylic oxidation sites excluding steroid dienone is 1. The van der Waals surface area contributed by atoms with Gasteiger partial charge in [-0.25, -0.2) is 0 Å². The molecule has 3 aliphatic rings. The third kappa shape index (κ3) is 7.43. The first-order valence-corrected chi connectivity index (χ1v) is 13.2. The Balaban J connectivity index is 1.40. The van der Waals surface area contributed by atoms with E-state index in [1.165, 1.54) is 50.5 Å². The van der Waals surface area contributed by atoms with Crippen molar-refractivity contribution >= 4 is 5.91 Å². The fraction of sp³-hybridized carbons (Fsp3) is 0.889. The van der Waals surface area contributed by atoms with E-state index in [0.29, 0.717) is 11.8 Å². The van der Waals surface area contributed by atoms with Crippen molar-refractivity contribution in [2.24, 2.45) is 29.6 Å². The largest absolute Gasteiger partial charge is 0.479 e. The van der Waals surface area contributed by atoms with E-state index in [1.807, 2.05) is 0 Å². The predicted octanol–water partition coefficient (Wildman–Crippen LogP) is 6.08. The molecule has 3 rings (SSSR count). The van der Waals surface area contributed by atoms with Crippen LogP contribution in [0.15, 0.2) is 11.5 Å². The van der Waals surface area contributed by atoms with Gasteiger partial charge in [0.15, 0.2) is 5.88 Å². The minimum atomic E-state index is 0.215. The van der Waals surface area contributed by atoms with Crippen LogP contribution in [0.25, 0.3) is 0 Å². The SMILES string of the molecule is CC(C)CCCC(C)C1CCN(C(=O)C2CCN(C(OCC(C)C)=C3CC3)CC2)CC1. The van der Waals surface area contributed by atoms with Gasteiger partial charge in [-0.2, -0.15) is 0 Å². The molecule has 3 fully saturated rings. The van der Waals surface area contributed by atoms with Gasteiger partial charge in [-0.1, -0.05) is 53.9 Å². The first-order valence-electron chi connectivity index (χ1n) is 13.2. The van der Waals surface area contributed by atoms with Gasteiger partial charge < -0.3 is 14.5 Å². The topological polar surface area (TPSA) is 32.8 Å². The summed E-state index contributed by atoms with van der Waals surface area (Å²) in [6, 6.07) is 0.